The second kappa shape index (κ2) is 4.47. The fourth-order valence-electron chi connectivity index (χ4n) is 2.93. The van der Waals surface area contributed by atoms with Gasteiger partial charge in [0.15, 0.2) is 0 Å². The predicted molar refractivity (Wildman–Crippen MR) is 71.8 cm³/mol. The molecule has 1 spiro atoms. The lowest BCUT2D eigenvalue weighted by molar-refractivity contribution is -0.153. The normalized spacial score (nSPS) is 25.7. The molecule has 1 saturated heterocycles. The standard InChI is InChI=1S/C15H21NO2/c1-11-3-4-12(16)9-14(11)18-13-5-8-17-15(10-13)6-2-7-15/h3-4,9,13H,2,5-8,10,16H2,1H3. The highest BCUT2D eigenvalue weighted by molar-refractivity contribution is 5.48. The van der Waals surface area contributed by atoms with Crippen molar-refractivity contribution >= 4 is 5.69 Å². The Morgan fingerprint density at radius 3 is 2.94 bits per heavy atom. The van der Waals surface area contributed by atoms with E-state index in [1.807, 2.05) is 18.2 Å². The van der Waals surface area contributed by atoms with Gasteiger partial charge in [-0.1, -0.05) is 6.07 Å². The number of anilines is 1. The smallest absolute Gasteiger partial charge is 0.124 e. The lowest BCUT2D eigenvalue weighted by Gasteiger charge is -2.47. The zero-order valence-electron chi connectivity index (χ0n) is 10.9. The molecule has 18 heavy (non-hydrogen) atoms. The number of rotatable bonds is 2. The molecule has 1 unspecified atom stereocenters. The summed E-state index contributed by atoms with van der Waals surface area (Å²) in [5.74, 6) is 0.927. The van der Waals surface area contributed by atoms with Gasteiger partial charge in [-0.15, -0.1) is 0 Å². The molecule has 3 heteroatoms. The van der Waals surface area contributed by atoms with Crippen LogP contribution in [0, 0.1) is 6.92 Å². The summed E-state index contributed by atoms with van der Waals surface area (Å²) in [6.45, 7) is 2.89. The van der Waals surface area contributed by atoms with Crippen molar-refractivity contribution in [3.63, 3.8) is 0 Å². The maximum Gasteiger partial charge on any atom is 0.124 e. The van der Waals surface area contributed by atoms with Gasteiger partial charge in [-0.25, -0.2) is 0 Å². The van der Waals surface area contributed by atoms with E-state index in [-0.39, 0.29) is 11.7 Å². The Balaban J connectivity index is 1.70. The molecule has 0 radical (unpaired) electrons. The zero-order chi connectivity index (χ0) is 12.6. The average molecular weight is 247 g/mol. The zero-order valence-corrected chi connectivity index (χ0v) is 10.9. The quantitative estimate of drug-likeness (QED) is 0.817. The molecule has 3 rings (SSSR count). The minimum absolute atomic E-state index is 0.136. The summed E-state index contributed by atoms with van der Waals surface area (Å²) >= 11 is 0. The summed E-state index contributed by atoms with van der Waals surface area (Å²) in [6, 6.07) is 5.86. The lowest BCUT2D eigenvalue weighted by Crippen LogP contribution is -2.48. The van der Waals surface area contributed by atoms with Gasteiger partial charge in [0.1, 0.15) is 11.9 Å². The predicted octanol–water partition coefficient (Wildman–Crippen LogP) is 3.06. The maximum atomic E-state index is 6.14. The highest BCUT2D eigenvalue weighted by Gasteiger charge is 2.43. The van der Waals surface area contributed by atoms with E-state index in [0.717, 1.165) is 36.4 Å². The number of nitrogens with two attached hydrogens (primary N) is 1. The Morgan fingerprint density at radius 2 is 2.22 bits per heavy atom. The van der Waals surface area contributed by atoms with E-state index in [2.05, 4.69) is 6.92 Å². The molecule has 0 aromatic heterocycles. The summed E-state index contributed by atoms with van der Waals surface area (Å²) in [6.07, 6.45) is 5.98. The number of hydrogen-bond acceptors (Lipinski definition) is 3. The molecule has 1 aliphatic heterocycles. The molecule has 2 N–H and O–H groups in total. The van der Waals surface area contributed by atoms with Crippen molar-refractivity contribution in [1.29, 1.82) is 0 Å². The van der Waals surface area contributed by atoms with E-state index in [1.165, 1.54) is 19.3 Å². The van der Waals surface area contributed by atoms with Gasteiger partial charge in [0.05, 0.1) is 12.2 Å². The number of benzene rings is 1. The first-order valence-electron chi connectivity index (χ1n) is 6.84. The van der Waals surface area contributed by atoms with Gasteiger partial charge in [-0.05, 0) is 37.8 Å². The molecule has 1 heterocycles. The minimum Gasteiger partial charge on any atom is -0.490 e. The van der Waals surface area contributed by atoms with Crippen molar-refractivity contribution in [2.24, 2.45) is 0 Å². The summed E-state index contributed by atoms with van der Waals surface area (Å²) in [7, 11) is 0. The Kier molecular flexibility index (Phi) is 2.94. The fourth-order valence-corrected chi connectivity index (χ4v) is 2.93. The second-order valence-corrected chi connectivity index (χ2v) is 5.64. The molecule has 1 aromatic carbocycles. The van der Waals surface area contributed by atoms with Crippen LogP contribution in [0.25, 0.3) is 0 Å². The van der Waals surface area contributed by atoms with Crippen LogP contribution in [0.3, 0.4) is 0 Å². The van der Waals surface area contributed by atoms with Crippen molar-refractivity contribution in [2.45, 2.75) is 50.7 Å². The SMILES string of the molecule is Cc1ccc(N)cc1OC1CCOC2(CCC2)C1. The van der Waals surface area contributed by atoms with Crippen molar-refractivity contribution in [3.05, 3.63) is 23.8 Å². The molecule has 2 fully saturated rings. The molecule has 3 nitrogen and oxygen atoms in total. The largest absolute Gasteiger partial charge is 0.490 e. The maximum absolute atomic E-state index is 6.14. The van der Waals surface area contributed by atoms with Gasteiger partial charge in [-0.3, -0.25) is 0 Å². The van der Waals surface area contributed by atoms with Crippen molar-refractivity contribution < 1.29 is 9.47 Å². The molecular formula is C15H21NO2. The first kappa shape index (κ1) is 11.8. The molecule has 0 bridgehead atoms. The Morgan fingerprint density at radius 1 is 1.39 bits per heavy atom. The summed E-state index contributed by atoms with van der Waals surface area (Å²) in [4.78, 5) is 0. The van der Waals surface area contributed by atoms with Crippen LogP contribution in [-0.4, -0.2) is 18.3 Å². The summed E-state index contributed by atoms with van der Waals surface area (Å²) in [5, 5.41) is 0. The van der Waals surface area contributed by atoms with Gasteiger partial charge in [0.25, 0.3) is 0 Å². The van der Waals surface area contributed by atoms with Crippen molar-refractivity contribution in [1.82, 2.24) is 0 Å². The third-order valence-corrected chi connectivity index (χ3v) is 4.22. The van der Waals surface area contributed by atoms with Crippen LogP contribution in [0.2, 0.25) is 0 Å². The molecule has 1 aliphatic carbocycles. The molecule has 0 amide bonds. The molecular weight excluding hydrogens is 226 g/mol. The molecule has 1 saturated carbocycles. The highest BCUT2D eigenvalue weighted by atomic mass is 16.5. The van der Waals surface area contributed by atoms with E-state index < -0.39 is 0 Å². The topological polar surface area (TPSA) is 44.5 Å². The van der Waals surface area contributed by atoms with E-state index in [9.17, 15) is 0 Å². The van der Waals surface area contributed by atoms with Crippen molar-refractivity contribution in [2.75, 3.05) is 12.3 Å². The minimum atomic E-state index is 0.136. The summed E-state index contributed by atoms with van der Waals surface area (Å²) < 4.78 is 12.1. The first-order chi connectivity index (χ1) is 8.67. The number of nitrogen functional groups attached to an aromatic ring is 1. The number of aryl methyl sites for hydroxylation is 1. The van der Waals surface area contributed by atoms with Crippen molar-refractivity contribution in [3.8, 4) is 5.75 Å². The van der Waals surface area contributed by atoms with E-state index in [0.29, 0.717) is 0 Å². The van der Waals surface area contributed by atoms with E-state index >= 15 is 0 Å². The van der Waals surface area contributed by atoms with Crippen LogP contribution in [-0.2, 0) is 4.74 Å². The Labute approximate surface area is 108 Å². The van der Waals surface area contributed by atoms with Gasteiger partial charge < -0.3 is 15.2 Å². The van der Waals surface area contributed by atoms with Crippen LogP contribution in [0.5, 0.6) is 5.75 Å². The van der Waals surface area contributed by atoms with Gasteiger partial charge in [0.2, 0.25) is 0 Å². The Hall–Kier alpha value is -1.22. The monoisotopic (exact) mass is 247 g/mol. The van der Waals surface area contributed by atoms with Crippen LogP contribution in [0.15, 0.2) is 18.2 Å². The molecule has 98 valence electrons. The third kappa shape index (κ3) is 2.19. The third-order valence-electron chi connectivity index (χ3n) is 4.22. The van der Waals surface area contributed by atoms with Crippen LogP contribution in [0.4, 0.5) is 5.69 Å². The van der Waals surface area contributed by atoms with Gasteiger partial charge in [-0.2, -0.15) is 0 Å². The molecule has 1 atom stereocenters. The second-order valence-electron chi connectivity index (χ2n) is 5.64. The molecule has 2 aliphatic rings. The van der Waals surface area contributed by atoms with Gasteiger partial charge >= 0.3 is 0 Å². The fraction of sp³-hybridized carbons (Fsp3) is 0.600. The average Bonchev–Trinajstić information content (AvgIpc) is 2.32. The molecule has 1 aromatic rings. The van der Waals surface area contributed by atoms with E-state index in [1.54, 1.807) is 0 Å². The number of ether oxygens (including phenoxy) is 2. The number of hydrogen-bond donors (Lipinski definition) is 1. The Bertz CT molecular complexity index is 440. The lowest BCUT2D eigenvalue weighted by atomic mass is 9.74. The van der Waals surface area contributed by atoms with Gasteiger partial charge in [0, 0.05) is 24.6 Å². The van der Waals surface area contributed by atoms with Crippen LogP contribution in [0.1, 0.15) is 37.7 Å². The first-order valence-corrected chi connectivity index (χ1v) is 6.84. The highest BCUT2D eigenvalue weighted by Crippen LogP contribution is 2.43. The van der Waals surface area contributed by atoms with E-state index in [4.69, 9.17) is 15.2 Å². The van der Waals surface area contributed by atoms with Crippen LogP contribution < -0.4 is 10.5 Å². The van der Waals surface area contributed by atoms with Crippen LogP contribution >= 0.6 is 0 Å². The summed E-state index contributed by atoms with van der Waals surface area (Å²) in [5.41, 5.74) is 7.87.